The van der Waals surface area contributed by atoms with Crippen molar-refractivity contribution in [2.75, 3.05) is 41.4 Å². The molecule has 0 bridgehead atoms. The molecule has 0 radical (unpaired) electrons. The third-order valence-corrected chi connectivity index (χ3v) is 5.03. The number of likely N-dealkylation sites (N-methyl/N-ethyl adjacent to an activating group) is 1. The average molecular weight is 414 g/mol. The molecule has 0 saturated heterocycles. The second-order valence-corrected chi connectivity index (χ2v) is 7.29. The van der Waals surface area contributed by atoms with Crippen LogP contribution in [0.2, 0.25) is 0 Å². The molecule has 1 amide bonds. The lowest BCUT2D eigenvalue weighted by Gasteiger charge is -2.29. The van der Waals surface area contributed by atoms with Crippen LogP contribution in [0.4, 0.5) is 0 Å². The van der Waals surface area contributed by atoms with E-state index in [1.807, 2.05) is 19.0 Å². The second-order valence-electron chi connectivity index (χ2n) is 7.29. The number of aliphatic hydroxyl groups excluding tert-OH is 1. The molecular weight excluding hydrogens is 388 g/mol. The minimum Gasteiger partial charge on any atom is -0.503 e. The van der Waals surface area contributed by atoms with Gasteiger partial charge in [0.05, 0.1) is 25.8 Å². The van der Waals surface area contributed by atoms with Gasteiger partial charge < -0.3 is 28.8 Å². The van der Waals surface area contributed by atoms with Crippen molar-refractivity contribution in [3.05, 3.63) is 58.7 Å². The molecule has 1 aromatic carbocycles. The first-order valence-electron chi connectivity index (χ1n) is 9.51. The van der Waals surface area contributed by atoms with Crippen LogP contribution in [0, 0.1) is 6.92 Å². The monoisotopic (exact) mass is 414 g/mol. The van der Waals surface area contributed by atoms with Gasteiger partial charge in [-0.25, -0.2) is 0 Å². The van der Waals surface area contributed by atoms with Crippen molar-refractivity contribution in [1.82, 2.24) is 9.80 Å². The van der Waals surface area contributed by atoms with E-state index in [1.54, 1.807) is 31.2 Å². The van der Waals surface area contributed by atoms with E-state index in [2.05, 4.69) is 0 Å². The van der Waals surface area contributed by atoms with E-state index in [9.17, 15) is 14.7 Å². The summed E-state index contributed by atoms with van der Waals surface area (Å²) in [6.45, 7) is 2.56. The quantitative estimate of drug-likeness (QED) is 0.664. The molecule has 1 aliphatic rings. The topological polar surface area (TPSA) is 92.5 Å². The number of amides is 1. The summed E-state index contributed by atoms with van der Waals surface area (Å²) in [6, 6.07) is 7.57. The van der Waals surface area contributed by atoms with E-state index in [0.29, 0.717) is 35.9 Å². The standard InChI is InChI=1S/C22H26N2O6/c1-13-9-10-15(30-13)19(25)17-18(14-7-6-8-16(28-4)21(14)29-5)24(12-11-23(2)3)22(27)20(17)26/h6-10,18,26H,11-12H2,1-5H3/t18-/m0/s1. The Labute approximate surface area is 175 Å². The molecule has 160 valence electrons. The predicted molar refractivity (Wildman–Crippen MR) is 110 cm³/mol. The largest absolute Gasteiger partial charge is 0.503 e. The van der Waals surface area contributed by atoms with Crippen LogP contribution in [-0.2, 0) is 4.79 Å². The fraction of sp³-hybridized carbons (Fsp3) is 0.364. The number of hydrogen-bond donors (Lipinski definition) is 1. The Morgan fingerprint density at radius 2 is 1.93 bits per heavy atom. The summed E-state index contributed by atoms with van der Waals surface area (Å²) in [7, 11) is 6.76. The molecule has 1 N–H and O–H groups in total. The Morgan fingerprint density at radius 1 is 1.20 bits per heavy atom. The van der Waals surface area contributed by atoms with Crippen LogP contribution in [0.5, 0.6) is 11.5 Å². The molecule has 3 rings (SSSR count). The Kier molecular flexibility index (Phi) is 6.17. The molecular formula is C22H26N2O6. The zero-order chi connectivity index (χ0) is 22.0. The molecule has 0 spiro atoms. The number of Topliss-reactive ketones (excluding diaryl/α,β-unsaturated/α-hetero) is 1. The maximum absolute atomic E-state index is 13.3. The summed E-state index contributed by atoms with van der Waals surface area (Å²) in [5.74, 6) is -0.270. The number of para-hydroxylation sites is 1. The number of benzene rings is 1. The van der Waals surface area contributed by atoms with Crippen molar-refractivity contribution < 1.29 is 28.6 Å². The van der Waals surface area contributed by atoms with E-state index >= 15 is 0 Å². The van der Waals surface area contributed by atoms with Gasteiger partial charge in [-0.15, -0.1) is 0 Å². The fourth-order valence-electron chi connectivity index (χ4n) is 3.56. The zero-order valence-corrected chi connectivity index (χ0v) is 17.8. The number of methoxy groups -OCH3 is 2. The van der Waals surface area contributed by atoms with Gasteiger partial charge in [0, 0.05) is 18.7 Å². The van der Waals surface area contributed by atoms with Crippen LogP contribution in [0.3, 0.4) is 0 Å². The number of aliphatic hydroxyl groups is 1. The van der Waals surface area contributed by atoms with Gasteiger partial charge in [0.15, 0.2) is 23.0 Å². The number of nitrogens with zero attached hydrogens (tertiary/aromatic N) is 2. The SMILES string of the molecule is COc1cccc([C@H]2C(C(=O)c3ccc(C)o3)=C(O)C(=O)N2CCN(C)C)c1OC. The summed E-state index contributed by atoms with van der Waals surface area (Å²) >= 11 is 0. The molecule has 0 saturated carbocycles. The van der Waals surface area contributed by atoms with Gasteiger partial charge in [0.1, 0.15) is 5.76 Å². The predicted octanol–water partition coefficient (Wildman–Crippen LogP) is 2.75. The average Bonchev–Trinajstić information content (AvgIpc) is 3.26. The first-order valence-corrected chi connectivity index (χ1v) is 9.51. The molecule has 8 nitrogen and oxygen atoms in total. The van der Waals surface area contributed by atoms with Crippen molar-refractivity contribution in [3.63, 3.8) is 0 Å². The van der Waals surface area contributed by atoms with Crippen molar-refractivity contribution in [2.24, 2.45) is 0 Å². The highest BCUT2D eigenvalue weighted by molar-refractivity contribution is 6.15. The normalized spacial score (nSPS) is 16.5. The van der Waals surface area contributed by atoms with Crippen molar-refractivity contribution in [3.8, 4) is 11.5 Å². The van der Waals surface area contributed by atoms with Gasteiger partial charge in [-0.2, -0.15) is 0 Å². The lowest BCUT2D eigenvalue weighted by Crippen LogP contribution is -2.36. The third kappa shape index (κ3) is 3.78. The van der Waals surface area contributed by atoms with E-state index in [0.717, 1.165) is 0 Å². The van der Waals surface area contributed by atoms with Crippen LogP contribution in [0.15, 0.2) is 46.1 Å². The van der Waals surface area contributed by atoms with Gasteiger partial charge in [0.25, 0.3) is 5.91 Å². The number of hydrogen-bond acceptors (Lipinski definition) is 7. The summed E-state index contributed by atoms with van der Waals surface area (Å²) < 4.78 is 16.4. The lowest BCUT2D eigenvalue weighted by molar-refractivity contribution is -0.129. The second kappa shape index (κ2) is 8.62. The van der Waals surface area contributed by atoms with Crippen molar-refractivity contribution in [2.45, 2.75) is 13.0 Å². The number of rotatable bonds is 8. The van der Waals surface area contributed by atoms with Crippen LogP contribution in [-0.4, -0.2) is 68.0 Å². The summed E-state index contributed by atoms with van der Waals surface area (Å²) in [5.41, 5.74) is 0.499. The van der Waals surface area contributed by atoms with Crippen LogP contribution in [0.25, 0.3) is 0 Å². The fourth-order valence-corrected chi connectivity index (χ4v) is 3.56. The van der Waals surface area contributed by atoms with Crippen LogP contribution >= 0.6 is 0 Å². The van der Waals surface area contributed by atoms with Crippen molar-refractivity contribution in [1.29, 1.82) is 0 Å². The minimum absolute atomic E-state index is 0.0420. The summed E-state index contributed by atoms with van der Waals surface area (Å²) in [5, 5.41) is 10.7. The molecule has 2 heterocycles. The number of ketones is 1. The van der Waals surface area contributed by atoms with Crippen LogP contribution < -0.4 is 9.47 Å². The molecule has 1 aliphatic heterocycles. The van der Waals surface area contributed by atoms with E-state index in [4.69, 9.17) is 13.9 Å². The Morgan fingerprint density at radius 3 is 2.50 bits per heavy atom. The summed E-state index contributed by atoms with van der Waals surface area (Å²) in [6.07, 6.45) is 0. The maximum atomic E-state index is 13.3. The lowest BCUT2D eigenvalue weighted by atomic mass is 9.94. The maximum Gasteiger partial charge on any atom is 0.290 e. The highest BCUT2D eigenvalue weighted by atomic mass is 16.5. The molecule has 0 aliphatic carbocycles. The van der Waals surface area contributed by atoms with E-state index in [-0.39, 0.29) is 11.3 Å². The molecule has 8 heteroatoms. The molecule has 2 aromatic rings. The Bertz CT molecular complexity index is 991. The highest BCUT2D eigenvalue weighted by Crippen LogP contribution is 2.45. The molecule has 1 atom stereocenters. The molecule has 0 unspecified atom stereocenters. The zero-order valence-electron chi connectivity index (χ0n) is 17.8. The first kappa shape index (κ1) is 21.4. The van der Waals surface area contributed by atoms with Crippen molar-refractivity contribution >= 4 is 11.7 Å². The van der Waals surface area contributed by atoms with E-state index < -0.39 is 23.5 Å². The summed E-state index contributed by atoms with van der Waals surface area (Å²) in [4.78, 5) is 29.6. The number of carbonyl (C=O) groups is 2. The van der Waals surface area contributed by atoms with Gasteiger partial charge in [-0.1, -0.05) is 12.1 Å². The molecule has 0 fully saturated rings. The van der Waals surface area contributed by atoms with Gasteiger partial charge in [-0.05, 0) is 39.2 Å². The smallest absolute Gasteiger partial charge is 0.290 e. The first-order chi connectivity index (χ1) is 14.3. The highest BCUT2D eigenvalue weighted by Gasteiger charge is 2.45. The minimum atomic E-state index is -0.847. The Balaban J connectivity index is 2.16. The van der Waals surface area contributed by atoms with Crippen LogP contribution in [0.1, 0.15) is 27.9 Å². The number of carbonyl (C=O) groups excluding carboxylic acids is 2. The van der Waals surface area contributed by atoms with Gasteiger partial charge in [-0.3, -0.25) is 9.59 Å². The van der Waals surface area contributed by atoms with Gasteiger partial charge in [0.2, 0.25) is 5.78 Å². The van der Waals surface area contributed by atoms with Gasteiger partial charge >= 0.3 is 0 Å². The number of furan rings is 1. The van der Waals surface area contributed by atoms with E-state index in [1.165, 1.54) is 25.2 Å². The molecule has 1 aromatic heterocycles. The number of ether oxygens (including phenoxy) is 2. The Hall–Kier alpha value is -3.26. The third-order valence-electron chi connectivity index (χ3n) is 5.03. The molecule has 30 heavy (non-hydrogen) atoms. The number of aryl methyl sites for hydroxylation is 1.